The van der Waals surface area contributed by atoms with Gasteiger partial charge in [0.05, 0.1) is 23.4 Å². The molecule has 0 radical (unpaired) electrons. The number of nitrogens with one attached hydrogen (secondary N) is 1. The second kappa shape index (κ2) is 6.61. The first-order chi connectivity index (χ1) is 12.4. The topological polar surface area (TPSA) is 83.1 Å². The zero-order valence-electron chi connectivity index (χ0n) is 14.3. The van der Waals surface area contributed by atoms with Crippen LogP contribution in [-0.4, -0.2) is 47.9 Å². The second-order valence-corrected chi connectivity index (χ2v) is 9.94. The minimum absolute atomic E-state index is 0.0239. The summed E-state index contributed by atoms with van der Waals surface area (Å²) >= 11 is 1.49. The van der Waals surface area contributed by atoms with Gasteiger partial charge in [-0.25, -0.2) is 13.4 Å². The molecule has 4 rings (SSSR count). The minimum Gasteiger partial charge on any atom is -0.309 e. The van der Waals surface area contributed by atoms with Crippen LogP contribution in [0.25, 0.3) is 20.7 Å². The van der Waals surface area contributed by atoms with Crippen LogP contribution >= 0.6 is 11.3 Å². The van der Waals surface area contributed by atoms with Gasteiger partial charge in [-0.2, -0.15) is 0 Å². The van der Waals surface area contributed by atoms with Crippen LogP contribution in [0, 0.1) is 0 Å². The van der Waals surface area contributed by atoms with E-state index in [2.05, 4.69) is 9.97 Å². The summed E-state index contributed by atoms with van der Waals surface area (Å²) in [5.41, 5.74) is 0.903. The summed E-state index contributed by atoms with van der Waals surface area (Å²) in [7, 11) is -1.06. The van der Waals surface area contributed by atoms with Crippen molar-refractivity contribution in [1.29, 1.82) is 0 Å². The van der Waals surface area contributed by atoms with Gasteiger partial charge in [-0.3, -0.25) is 9.69 Å². The van der Waals surface area contributed by atoms with Crippen LogP contribution in [0.15, 0.2) is 41.2 Å². The van der Waals surface area contributed by atoms with E-state index >= 15 is 0 Å². The third kappa shape index (κ3) is 3.44. The molecule has 1 fully saturated rings. The lowest BCUT2D eigenvalue weighted by atomic mass is 10.2. The lowest BCUT2D eigenvalue weighted by molar-refractivity contribution is 0.248. The highest BCUT2D eigenvalue weighted by Gasteiger charge is 2.30. The fourth-order valence-corrected chi connectivity index (χ4v) is 6.15. The SMILES string of the molecule is CN(Cc1nc2sc(-c3ccccc3)cc2c(=O)[nH]1)[C@@H]1CCS(=O)(=O)C1. The predicted molar refractivity (Wildman–Crippen MR) is 104 cm³/mol. The third-order valence-electron chi connectivity index (χ3n) is 4.74. The van der Waals surface area contributed by atoms with Gasteiger partial charge < -0.3 is 4.98 Å². The van der Waals surface area contributed by atoms with E-state index in [1.165, 1.54) is 11.3 Å². The van der Waals surface area contributed by atoms with Crippen LogP contribution in [0.4, 0.5) is 0 Å². The van der Waals surface area contributed by atoms with Gasteiger partial charge in [-0.05, 0) is 25.1 Å². The van der Waals surface area contributed by atoms with Crippen molar-refractivity contribution in [3.63, 3.8) is 0 Å². The van der Waals surface area contributed by atoms with E-state index in [0.717, 1.165) is 10.4 Å². The Bertz CT molecular complexity index is 1100. The summed E-state index contributed by atoms with van der Waals surface area (Å²) in [5, 5.41) is 0.587. The molecule has 0 unspecified atom stereocenters. The minimum atomic E-state index is -2.93. The van der Waals surface area contributed by atoms with Gasteiger partial charge in [-0.15, -0.1) is 11.3 Å². The highest BCUT2D eigenvalue weighted by atomic mass is 32.2. The Kier molecular flexibility index (Phi) is 4.42. The molecule has 0 bridgehead atoms. The Morgan fingerprint density at radius 2 is 2.08 bits per heavy atom. The molecule has 1 saturated heterocycles. The van der Waals surface area contributed by atoms with Crippen molar-refractivity contribution in [3.8, 4) is 10.4 Å². The third-order valence-corrected chi connectivity index (χ3v) is 7.57. The molecular formula is C18H19N3O3S2. The fourth-order valence-electron chi connectivity index (χ4n) is 3.28. The summed E-state index contributed by atoms with van der Waals surface area (Å²) in [4.78, 5) is 23.6. The van der Waals surface area contributed by atoms with Crippen molar-refractivity contribution in [2.75, 3.05) is 18.6 Å². The molecule has 0 aliphatic carbocycles. The van der Waals surface area contributed by atoms with Crippen molar-refractivity contribution < 1.29 is 8.42 Å². The number of thiophene rings is 1. The lowest BCUT2D eigenvalue weighted by Crippen LogP contribution is -2.33. The first kappa shape index (κ1) is 17.4. The highest BCUT2D eigenvalue weighted by Crippen LogP contribution is 2.30. The zero-order chi connectivity index (χ0) is 18.3. The van der Waals surface area contributed by atoms with E-state index in [1.54, 1.807) is 0 Å². The molecule has 0 amide bonds. The Morgan fingerprint density at radius 1 is 1.31 bits per heavy atom. The summed E-state index contributed by atoms with van der Waals surface area (Å²) in [6.07, 6.45) is 0.627. The number of hydrogen-bond acceptors (Lipinski definition) is 6. The molecule has 1 N–H and O–H groups in total. The van der Waals surface area contributed by atoms with E-state index in [-0.39, 0.29) is 23.1 Å². The molecular weight excluding hydrogens is 370 g/mol. The number of benzene rings is 1. The maximum Gasteiger partial charge on any atom is 0.259 e. The summed E-state index contributed by atoms with van der Waals surface area (Å²) < 4.78 is 23.3. The van der Waals surface area contributed by atoms with Crippen LogP contribution in [0.1, 0.15) is 12.2 Å². The van der Waals surface area contributed by atoms with Crippen LogP contribution in [0.2, 0.25) is 0 Å². The molecule has 2 aromatic heterocycles. The Hall–Kier alpha value is -2.03. The second-order valence-electron chi connectivity index (χ2n) is 6.68. The number of hydrogen-bond donors (Lipinski definition) is 1. The van der Waals surface area contributed by atoms with E-state index in [9.17, 15) is 13.2 Å². The van der Waals surface area contributed by atoms with Crippen molar-refractivity contribution in [1.82, 2.24) is 14.9 Å². The largest absolute Gasteiger partial charge is 0.309 e. The lowest BCUT2D eigenvalue weighted by Gasteiger charge is -2.22. The molecule has 136 valence electrons. The van der Waals surface area contributed by atoms with Crippen molar-refractivity contribution in [3.05, 3.63) is 52.6 Å². The average Bonchev–Trinajstić information content (AvgIpc) is 3.19. The monoisotopic (exact) mass is 389 g/mol. The molecule has 1 atom stereocenters. The standard InChI is InChI=1S/C18H19N3O3S2/c1-21(13-7-8-26(23,24)11-13)10-16-19-17(22)14-9-15(25-18(14)20-16)12-5-3-2-4-6-12/h2-6,9,13H,7-8,10-11H2,1H3,(H,19,20,22)/t13-/m1/s1. The smallest absolute Gasteiger partial charge is 0.259 e. The van der Waals surface area contributed by atoms with Crippen LogP contribution in [0.3, 0.4) is 0 Å². The zero-order valence-corrected chi connectivity index (χ0v) is 15.9. The number of sulfone groups is 1. The molecule has 3 heterocycles. The van der Waals surface area contributed by atoms with Crippen LogP contribution in [0.5, 0.6) is 0 Å². The van der Waals surface area contributed by atoms with Crippen LogP contribution in [-0.2, 0) is 16.4 Å². The quantitative estimate of drug-likeness (QED) is 0.740. The van der Waals surface area contributed by atoms with Gasteiger partial charge in [0.25, 0.3) is 5.56 Å². The number of fused-ring (bicyclic) bond motifs is 1. The number of H-pyrrole nitrogens is 1. The van der Waals surface area contributed by atoms with Gasteiger partial charge >= 0.3 is 0 Å². The molecule has 0 spiro atoms. The Labute approximate surface area is 155 Å². The molecule has 0 saturated carbocycles. The molecule has 6 nitrogen and oxygen atoms in total. The van der Waals surface area contributed by atoms with Gasteiger partial charge in [0.15, 0.2) is 9.84 Å². The molecule has 8 heteroatoms. The van der Waals surface area contributed by atoms with E-state index in [4.69, 9.17) is 0 Å². The molecule has 1 aliphatic rings. The first-order valence-corrected chi connectivity index (χ1v) is 11.0. The number of aromatic amines is 1. The van der Waals surface area contributed by atoms with E-state index < -0.39 is 9.84 Å². The van der Waals surface area contributed by atoms with E-state index in [1.807, 2.05) is 48.3 Å². The van der Waals surface area contributed by atoms with Gasteiger partial charge in [-0.1, -0.05) is 30.3 Å². The average molecular weight is 390 g/mol. The Morgan fingerprint density at radius 3 is 2.77 bits per heavy atom. The normalized spacial score (nSPS) is 19.4. The van der Waals surface area contributed by atoms with Gasteiger partial charge in [0.2, 0.25) is 0 Å². The Balaban J connectivity index is 1.62. The van der Waals surface area contributed by atoms with Gasteiger partial charge in [0.1, 0.15) is 10.7 Å². The number of nitrogens with zero attached hydrogens (tertiary/aromatic N) is 2. The van der Waals surface area contributed by atoms with Crippen molar-refractivity contribution >= 4 is 31.4 Å². The molecule has 26 heavy (non-hydrogen) atoms. The molecule has 1 aliphatic heterocycles. The predicted octanol–water partition coefficient (Wildman–Crippen LogP) is 2.27. The number of rotatable bonds is 4. The van der Waals surface area contributed by atoms with Crippen LogP contribution < -0.4 is 5.56 Å². The molecule has 1 aromatic carbocycles. The van der Waals surface area contributed by atoms with Crippen molar-refractivity contribution in [2.45, 2.75) is 19.0 Å². The first-order valence-electron chi connectivity index (χ1n) is 8.40. The van der Waals surface area contributed by atoms with Gasteiger partial charge in [0, 0.05) is 10.9 Å². The van der Waals surface area contributed by atoms with E-state index in [0.29, 0.717) is 29.0 Å². The summed E-state index contributed by atoms with van der Waals surface area (Å²) in [6.45, 7) is 0.421. The fraction of sp³-hybridized carbons (Fsp3) is 0.333. The highest BCUT2D eigenvalue weighted by molar-refractivity contribution is 7.91. The summed E-state index contributed by atoms with van der Waals surface area (Å²) in [6, 6.07) is 11.8. The molecule has 3 aromatic rings. The maximum atomic E-state index is 12.4. The number of aromatic nitrogens is 2. The summed E-state index contributed by atoms with van der Waals surface area (Å²) in [5.74, 6) is 0.972. The van der Waals surface area contributed by atoms with Crippen molar-refractivity contribution in [2.24, 2.45) is 0 Å². The maximum absolute atomic E-state index is 12.4.